The second-order valence-corrected chi connectivity index (χ2v) is 10.3. The lowest BCUT2D eigenvalue weighted by atomic mass is 10.1. The molecule has 0 spiro atoms. The standard InChI is InChI=1S/C25H36ClN5O4/c1-25(2,3)35-24(32)31-13-11-29(12-14-31)22-18-16-20(33-4)21(34-15-7-8-26)17-19(18)27-23(28-22)30-9-5-6-10-30/h16-17H,5-15H2,1-4H3. The molecule has 2 saturated heterocycles. The minimum Gasteiger partial charge on any atom is -0.493 e. The first-order valence-corrected chi connectivity index (χ1v) is 12.9. The predicted molar refractivity (Wildman–Crippen MR) is 138 cm³/mol. The van der Waals surface area contributed by atoms with Crippen molar-refractivity contribution in [2.45, 2.75) is 45.6 Å². The zero-order chi connectivity index (χ0) is 25.0. The molecule has 0 bridgehead atoms. The minimum absolute atomic E-state index is 0.275. The Hall–Kier alpha value is -2.68. The Morgan fingerprint density at radius 2 is 1.71 bits per heavy atom. The maximum Gasteiger partial charge on any atom is 0.410 e. The monoisotopic (exact) mass is 505 g/mol. The van der Waals surface area contributed by atoms with Crippen molar-refractivity contribution in [3.05, 3.63) is 12.1 Å². The molecule has 0 aliphatic carbocycles. The molecule has 1 aromatic heterocycles. The van der Waals surface area contributed by atoms with Gasteiger partial charge in [0.15, 0.2) is 11.5 Å². The number of alkyl halides is 1. The van der Waals surface area contributed by atoms with Crippen LogP contribution in [0.15, 0.2) is 12.1 Å². The van der Waals surface area contributed by atoms with Crippen LogP contribution in [0.1, 0.15) is 40.0 Å². The van der Waals surface area contributed by atoms with E-state index < -0.39 is 5.60 Å². The summed E-state index contributed by atoms with van der Waals surface area (Å²) in [4.78, 5) is 28.7. The molecule has 0 saturated carbocycles. The Morgan fingerprint density at radius 3 is 2.34 bits per heavy atom. The number of fused-ring (bicyclic) bond motifs is 1. The molecule has 10 heteroatoms. The van der Waals surface area contributed by atoms with Crippen molar-refractivity contribution >= 4 is 40.4 Å². The number of carbonyl (C=O) groups is 1. The lowest BCUT2D eigenvalue weighted by Gasteiger charge is -2.36. The van der Waals surface area contributed by atoms with E-state index in [2.05, 4.69) is 9.80 Å². The van der Waals surface area contributed by atoms with Gasteiger partial charge in [-0.25, -0.2) is 9.78 Å². The van der Waals surface area contributed by atoms with Crippen LogP contribution in [-0.2, 0) is 4.74 Å². The van der Waals surface area contributed by atoms with Crippen LogP contribution in [0.5, 0.6) is 11.5 Å². The number of hydrogen-bond acceptors (Lipinski definition) is 8. The summed E-state index contributed by atoms with van der Waals surface area (Å²) in [5, 5.41) is 0.903. The van der Waals surface area contributed by atoms with Crippen molar-refractivity contribution in [1.82, 2.24) is 14.9 Å². The topological polar surface area (TPSA) is 80.3 Å². The summed E-state index contributed by atoms with van der Waals surface area (Å²) < 4.78 is 17.1. The van der Waals surface area contributed by atoms with Crippen LogP contribution >= 0.6 is 11.6 Å². The number of carbonyl (C=O) groups excluding carboxylic acids is 1. The Morgan fingerprint density at radius 1 is 1.00 bits per heavy atom. The number of methoxy groups -OCH3 is 1. The first-order valence-electron chi connectivity index (χ1n) is 12.4. The first-order chi connectivity index (χ1) is 16.8. The van der Waals surface area contributed by atoms with Crippen molar-refractivity contribution in [2.24, 2.45) is 0 Å². The van der Waals surface area contributed by atoms with Gasteiger partial charge in [0.2, 0.25) is 5.95 Å². The molecule has 35 heavy (non-hydrogen) atoms. The van der Waals surface area contributed by atoms with Crippen LogP contribution in [0.4, 0.5) is 16.6 Å². The largest absolute Gasteiger partial charge is 0.493 e. The van der Waals surface area contributed by atoms with Gasteiger partial charge in [-0.15, -0.1) is 11.6 Å². The Kier molecular flexibility index (Phi) is 7.94. The van der Waals surface area contributed by atoms with Crippen LogP contribution in [-0.4, -0.2) is 85.4 Å². The van der Waals surface area contributed by atoms with Crippen LogP contribution in [0, 0.1) is 0 Å². The molecule has 0 atom stereocenters. The normalized spacial score (nSPS) is 16.7. The summed E-state index contributed by atoms with van der Waals surface area (Å²) in [6.07, 6.45) is 2.75. The average Bonchev–Trinajstić information content (AvgIpc) is 3.37. The van der Waals surface area contributed by atoms with Gasteiger partial charge in [0, 0.05) is 56.6 Å². The van der Waals surface area contributed by atoms with E-state index in [0.29, 0.717) is 50.2 Å². The third-order valence-corrected chi connectivity index (χ3v) is 6.37. The van der Waals surface area contributed by atoms with E-state index in [4.69, 9.17) is 35.8 Å². The fourth-order valence-electron chi connectivity index (χ4n) is 4.34. The molecule has 1 aromatic carbocycles. The minimum atomic E-state index is -0.512. The van der Waals surface area contributed by atoms with E-state index in [1.54, 1.807) is 12.0 Å². The zero-order valence-electron chi connectivity index (χ0n) is 21.2. The number of aromatic nitrogens is 2. The fourth-order valence-corrected chi connectivity index (χ4v) is 4.45. The van der Waals surface area contributed by atoms with Crippen LogP contribution in [0.2, 0.25) is 0 Å². The highest BCUT2D eigenvalue weighted by Gasteiger charge is 2.28. The van der Waals surface area contributed by atoms with Gasteiger partial charge in [0.1, 0.15) is 11.4 Å². The summed E-state index contributed by atoms with van der Waals surface area (Å²) in [5.74, 6) is 3.41. The van der Waals surface area contributed by atoms with Crippen LogP contribution < -0.4 is 19.3 Å². The molecule has 2 aliphatic rings. The van der Waals surface area contributed by atoms with E-state index in [1.807, 2.05) is 32.9 Å². The molecule has 192 valence electrons. The summed E-state index contributed by atoms with van der Waals surface area (Å²) in [5.41, 5.74) is 0.301. The molecular formula is C25H36ClN5O4. The Labute approximate surface area is 212 Å². The summed E-state index contributed by atoms with van der Waals surface area (Å²) >= 11 is 5.82. The van der Waals surface area contributed by atoms with Crippen molar-refractivity contribution in [2.75, 3.05) is 68.7 Å². The highest BCUT2D eigenvalue weighted by atomic mass is 35.5. The second-order valence-electron chi connectivity index (χ2n) is 9.91. The third-order valence-electron chi connectivity index (χ3n) is 6.10. The fraction of sp³-hybridized carbons (Fsp3) is 0.640. The van der Waals surface area contributed by atoms with Crippen LogP contribution in [0.3, 0.4) is 0 Å². The van der Waals surface area contributed by atoms with E-state index in [0.717, 1.165) is 55.0 Å². The predicted octanol–water partition coefficient (Wildman–Crippen LogP) is 4.30. The number of anilines is 2. The molecule has 0 N–H and O–H groups in total. The van der Waals surface area contributed by atoms with Crippen LogP contribution in [0.25, 0.3) is 10.9 Å². The van der Waals surface area contributed by atoms with E-state index in [9.17, 15) is 4.79 Å². The number of amides is 1. The van der Waals surface area contributed by atoms with Gasteiger partial charge >= 0.3 is 6.09 Å². The molecule has 2 fully saturated rings. The Bertz CT molecular complexity index is 1030. The van der Waals surface area contributed by atoms with Crippen molar-refractivity contribution in [3.8, 4) is 11.5 Å². The molecule has 1 amide bonds. The highest BCUT2D eigenvalue weighted by Crippen LogP contribution is 2.37. The lowest BCUT2D eigenvalue weighted by Crippen LogP contribution is -2.50. The maximum atomic E-state index is 12.5. The summed E-state index contributed by atoms with van der Waals surface area (Å²) in [7, 11) is 1.63. The summed E-state index contributed by atoms with van der Waals surface area (Å²) in [6.45, 7) is 10.5. The number of benzene rings is 1. The molecule has 0 unspecified atom stereocenters. The Balaban J connectivity index is 1.64. The van der Waals surface area contributed by atoms with Gasteiger partial charge in [-0.2, -0.15) is 4.98 Å². The third kappa shape index (κ3) is 6.12. The number of ether oxygens (including phenoxy) is 3. The summed E-state index contributed by atoms with van der Waals surface area (Å²) in [6, 6.07) is 3.89. The zero-order valence-corrected chi connectivity index (χ0v) is 21.9. The molecule has 2 aliphatic heterocycles. The maximum absolute atomic E-state index is 12.5. The lowest BCUT2D eigenvalue weighted by molar-refractivity contribution is 0.0240. The van der Waals surface area contributed by atoms with Crippen molar-refractivity contribution < 1.29 is 19.0 Å². The van der Waals surface area contributed by atoms with Gasteiger partial charge in [0.25, 0.3) is 0 Å². The molecule has 3 heterocycles. The molecule has 4 rings (SSSR count). The van der Waals surface area contributed by atoms with E-state index in [-0.39, 0.29) is 6.09 Å². The van der Waals surface area contributed by atoms with Gasteiger partial charge in [-0.3, -0.25) is 0 Å². The van der Waals surface area contributed by atoms with Crippen molar-refractivity contribution in [1.29, 1.82) is 0 Å². The smallest absolute Gasteiger partial charge is 0.410 e. The first kappa shape index (κ1) is 25.4. The number of rotatable bonds is 7. The quantitative estimate of drug-likeness (QED) is 0.407. The highest BCUT2D eigenvalue weighted by molar-refractivity contribution is 6.17. The average molecular weight is 506 g/mol. The van der Waals surface area contributed by atoms with E-state index >= 15 is 0 Å². The second kappa shape index (κ2) is 10.9. The van der Waals surface area contributed by atoms with Crippen molar-refractivity contribution in [3.63, 3.8) is 0 Å². The molecular weight excluding hydrogens is 470 g/mol. The van der Waals surface area contributed by atoms with Gasteiger partial charge in [-0.05, 0) is 46.1 Å². The van der Waals surface area contributed by atoms with Gasteiger partial charge < -0.3 is 28.9 Å². The number of nitrogens with zero attached hydrogens (tertiary/aromatic N) is 5. The SMILES string of the molecule is COc1cc2c(N3CCN(C(=O)OC(C)(C)C)CC3)nc(N3CCCC3)nc2cc1OCCCCl. The van der Waals surface area contributed by atoms with E-state index in [1.165, 1.54) is 0 Å². The number of piperazine rings is 1. The van der Waals surface area contributed by atoms with Gasteiger partial charge in [0.05, 0.1) is 19.2 Å². The molecule has 2 aromatic rings. The number of hydrogen-bond donors (Lipinski definition) is 0. The van der Waals surface area contributed by atoms with Gasteiger partial charge in [-0.1, -0.05) is 0 Å². The number of halogens is 1. The molecule has 0 radical (unpaired) electrons. The molecule has 9 nitrogen and oxygen atoms in total.